The molecule has 0 unspecified atom stereocenters. The van der Waals surface area contributed by atoms with E-state index in [0.717, 1.165) is 0 Å². The summed E-state index contributed by atoms with van der Waals surface area (Å²) < 4.78 is 26.4. The second-order valence-corrected chi connectivity index (χ2v) is 6.64. The maximum absolute atomic E-state index is 12.1. The topological polar surface area (TPSA) is 99.6 Å². The van der Waals surface area contributed by atoms with Crippen molar-refractivity contribution < 1.29 is 18.3 Å². The minimum atomic E-state index is -3.90. The van der Waals surface area contributed by atoms with Crippen molar-refractivity contribution >= 4 is 21.8 Å². The molecular weight excluding hydrogens is 282 g/mol. The Bertz CT molecular complexity index is 567. The number of carboxylic acids is 1. The molecule has 0 aliphatic heterocycles. The monoisotopic (exact) mass is 301 g/mol. The molecule has 0 fully saturated rings. The second-order valence-electron chi connectivity index (χ2n) is 4.93. The second kappa shape index (κ2) is 6.19. The summed E-state index contributed by atoms with van der Waals surface area (Å²) in [6, 6.07) is 1.78. The molecule has 0 spiro atoms. The number of rotatable bonds is 6. The van der Waals surface area contributed by atoms with E-state index in [2.05, 4.69) is 9.71 Å². The smallest absolute Gasteiger partial charge is 0.322 e. The van der Waals surface area contributed by atoms with Crippen molar-refractivity contribution in [3.63, 3.8) is 0 Å². The molecule has 1 aromatic heterocycles. The van der Waals surface area contributed by atoms with Gasteiger partial charge in [-0.2, -0.15) is 4.72 Å². The molecule has 20 heavy (non-hydrogen) atoms. The Kier molecular flexibility index (Phi) is 5.07. The van der Waals surface area contributed by atoms with Crippen LogP contribution in [-0.2, 0) is 14.8 Å². The fourth-order valence-electron chi connectivity index (χ4n) is 1.50. The summed E-state index contributed by atoms with van der Waals surface area (Å²) in [5.41, 5.74) is 0. The van der Waals surface area contributed by atoms with Gasteiger partial charge in [0.2, 0.25) is 10.0 Å². The number of carboxylic acid groups (broad SMARTS) is 1. The largest absolute Gasteiger partial charge is 0.480 e. The molecule has 1 rings (SSSR count). The van der Waals surface area contributed by atoms with Gasteiger partial charge in [0.1, 0.15) is 16.8 Å². The number of hydrogen-bond acceptors (Lipinski definition) is 5. The number of pyridine rings is 1. The van der Waals surface area contributed by atoms with Crippen LogP contribution in [0.3, 0.4) is 0 Å². The van der Waals surface area contributed by atoms with Gasteiger partial charge in [0, 0.05) is 20.3 Å². The van der Waals surface area contributed by atoms with E-state index in [1.807, 2.05) is 0 Å². The summed E-state index contributed by atoms with van der Waals surface area (Å²) >= 11 is 0. The Morgan fingerprint density at radius 2 is 1.95 bits per heavy atom. The number of hydrogen-bond donors (Lipinski definition) is 2. The maximum Gasteiger partial charge on any atom is 0.322 e. The van der Waals surface area contributed by atoms with Crippen LogP contribution in [0.1, 0.15) is 13.8 Å². The minimum absolute atomic E-state index is 0.0602. The Hall–Kier alpha value is -1.67. The Balaban J connectivity index is 3.01. The lowest BCUT2D eigenvalue weighted by Crippen LogP contribution is -2.44. The standard InChI is InChI=1S/C12H19N3O4S/c1-8(2)11(12(16)17)14-20(18,19)9-5-6-10(13-7-9)15(3)4/h5-8,11,14H,1-4H3,(H,16,17)/t11-/m1/s1. The number of nitrogens with one attached hydrogen (secondary N) is 1. The van der Waals surface area contributed by atoms with Crippen molar-refractivity contribution in [3.8, 4) is 0 Å². The molecular formula is C12H19N3O4S. The zero-order chi connectivity index (χ0) is 15.5. The molecule has 0 aliphatic rings. The summed E-state index contributed by atoms with van der Waals surface area (Å²) in [5, 5.41) is 9.02. The van der Waals surface area contributed by atoms with Crippen molar-refractivity contribution in [3.05, 3.63) is 18.3 Å². The Labute approximate surface area is 118 Å². The summed E-state index contributed by atoms with van der Waals surface area (Å²) in [4.78, 5) is 16.7. The minimum Gasteiger partial charge on any atom is -0.480 e. The molecule has 0 aromatic carbocycles. The third-order valence-corrected chi connectivity index (χ3v) is 4.13. The first-order chi connectivity index (χ1) is 9.15. The number of nitrogens with zero attached hydrogens (tertiary/aromatic N) is 2. The van der Waals surface area contributed by atoms with E-state index in [9.17, 15) is 13.2 Å². The van der Waals surface area contributed by atoms with Crippen LogP contribution in [0.5, 0.6) is 0 Å². The highest BCUT2D eigenvalue weighted by Crippen LogP contribution is 2.14. The molecule has 0 radical (unpaired) electrons. The summed E-state index contributed by atoms with van der Waals surface area (Å²) in [6.07, 6.45) is 1.21. The highest BCUT2D eigenvalue weighted by Gasteiger charge is 2.28. The van der Waals surface area contributed by atoms with Crippen LogP contribution in [0.25, 0.3) is 0 Å². The number of carbonyl (C=O) groups is 1. The van der Waals surface area contributed by atoms with Crippen LogP contribution in [0.15, 0.2) is 23.2 Å². The fraction of sp³-hybridized carbons (Fsp3) is 0.500. The van der Waals surface area contributed by atoms with E-state index in [4.69, 9.17) is 5.11 Å². The summed E-state index contributed by atoms with van der Waals surface area (Å²) in [7, 11) is -0.332. The maximum atomic E-state index is 12.1. The van der Waals surface area contributed by atoms with Gasteiger partial charge in [-0.05, 0) is 18.1 Å². The lowest BCUT2D eigenvalue weighted by Gasteiger charge is -2.18. The predicted octanol–water partition coefficient (Wildman–Crippen LogP) is 0.535. The fourth-order valence-corrected chi connectivity index (χ4v) is 2.78. The number of anilines is 1. The van der Waals surface area contributed by atoms with Crippen molar-refractivity contribution in [2.45, 2.75) is 24.8 Å². The van der Waals surface area contributed by atoms with Gasteiger partial charge in [0.15, 0.2) is 0 Å². The van der Waals surface area contributed by atoms with Crippen LogP contribution < -0.4 is 9.62 Å². The van der Waals surface area contributed by atoms with Gasteiger partial charge in [-0.1, -0.05) is 13.8 Å². The molecule has 0 bridgehead atoms. The molecule has 2 N–H and O–H groups in total. The average Bonchev–Trinajstić information content (AvgIpc) is 2.35. The highest BCUT2D eigenvalue weighted by atomic mass is 32.2. The van der Waals surface area contributed by atoms with Gasteiger partial charge >= 0.3 is 5.97 Å². The van der Waals surface area contributed by atoms with E-state index < -0.39 is 22.0 Å². The number of aromatic nitrogens is 1. The van der Waals surface area contributed by atoms with Gasteiger partial charge in [-0.15, -0.1) is 0 Å². The van der Waals surface area contributed by atoms with E-state index in [0.29, 0.717) is 5.82 Å². The molecule has 0 saturated carbocycles. The lowest BCUT2D eigenvalue weighted by molar-refractivity contribution is -0.140. The molecule has 0 aliphatic carbocycles. The first-order valence-electron chi connectivity index (χ1n) is 6.03. The Morgan fingerprint density at radius 1 is 1.35 bits per heavy atom. The summed E-state index contributed by atoms with van der Waals surface area (Å²) in [6.45, 7) is 3.27. The van der Waals surface area contributed by atoms with Crippen LogP contribution in [0, 0.1) is 5.92 Å². The van der Waals surface area contributed by atoms with Gasteiger partial charge in [0.05, 0.1) is 0 Å². The SMILES string of the molecule is CC(C)[C@@H](NS(=O)(=O)c1ccc(N(C)C)nc1)C(=O)O. The van der Waals surface area contributed by atoms with Crippen molar-refractivity contribution in [2.24, 2.45) is 5.92 Å². The molecule has 8 heteroatoms. The predicted molar refractivity (Wildman–Crippen MR) is 75.1 cm³/mol. The highest BCUT2D eigenvalue weighted by molar-refractivity contribution is 7.89. The zero-order valence-electron chi connectivity index (χ0n) is 11.9. The van der Waals surface area contributed by atoms with Crippen LogP contribution in [0.4, 0.5) is 5.82 Å². The van der Waals surface area contributed by atoms with Gasteiger partial charge < -0.3 is 10.0 Å². The molecule has 112 valence electrons. The van der Waals surface area contributed by atoms with Crippen molar-refractivity contribution in [1.82, 2.24) is 9.71 Å². The third-order valence-electron chi connectivity index (χ3n) is 2.70. The average molecular weight is 301 g/mol. The van der Waals surface area contributed by atoms with Crippen molar-refractivity contribution in [1.29, 1.82) is 0 Å². The third kappa shape index (κ3) is 3.91. The number of aliphatic carboxylic acids is 1. The molecule has 0 saturated heterocycles. The lowest BCUT2D eigenvalue weighted by atomic mass is 10.1. The molecule has 1 heterocycles. The van der Waals surface area contributed by atoms with E-state index >= 15 is 0 Å². The first kappa shape index (κ1) is 16.4. The zero-order valence-corrected chi connectivity index (χ0v) is 12.7. The van der Waals surface area contributed by atoms with E-state index in [1.54, 1.807) is 38.9 Å². The van der Waals surface area contributed by atoms with E-state index in [-0.39, 0.29) is 10.8 Å². The molecule has 0 amide bonds. The summed E-state index contributed by atoms with van der Waals surface area (Å²) in [5.74, 6) is -0.958. The van der Waals surface area contributed by atoms with Crippen LogP contribution in [0.2, 0.25) is 0 Å². The normalized spacial score (nSPS) is 13.2. The molecule has 7 nitrogen and oxygen atoms in total. The van der Waals surface area contributed by atoms with Crippen LogP contribution >= 0.6 is 0 Å². The van der Waals surface area contributed by atoms with Crippen molar-refractivity contribution in [2.75, 3.05) is 19.0 Å². The van der Waals surface area contributed by atoms with Gasteiger partial charge in [-0.3, -0.25) is 4.79 Å². The molecule has 1 atom stereocenters. The Morgan fingerprint density at radius 3 is 2.30 bits per heavy atom. The van der Waals surface area contributed by atoms with Gasteiger partial charge in [-0.25, -0.2) is 13.4 Å². The number of sulfonamides is 1. The van der Waals surface area contributed by atoms with Gasteiger partial charge in [0.25, 0.3) is 0 Å². The molecule has 1 aromatic rings. The first-order valence-corrected chi connectivity index (χ1v) is 7.52. The van der Waals surface area contributed by atoms with Crippen LogP contribution in [-0.4, -0.2) is 44.6 Å². The quantitative estimate of drug-likeness (QED) is 0.795. The van der Waals surface area contributed by atoms with E-state index in [1.165, 1.54) is 12.3 Å².